The van der Waals surface area contributed by atoms with Gasteiger partial charge in [0.2, 0.25) is 5.91 Å². The van der Waals surface area contributed by atoms with Crippen LogP contribution in [0.15, 0.2) is 41.3 Å². The first kappa shape index (κ1) is 32.9. The molecule has 0 bridgehead atoms. The Labute approximate surface area is 260 Å². The second-order valence-electron chi connectivity index (χ2n) is 13.2. The first-order valence-corrected chi connectivity index (χ1v) is 15.2. The fourth-order valence-electron chi connectivity index (χ4n) is 6.68. The summed E-state index contributed by atoms with van der Waals surface area (Å²) in [5, 5.41) is 2.71. The van der Waals surface area contributed by atoms with Crippen LogP contribution in [0.4, 0.5) is 10.6 Å². The van der Waals surface area contributed by atoms with E-state index in [1.807, 2.05) is 12.1 Å². The molecular formula is C31H47ClN8O3. The topological polar surface area (TPSA) is 143 Å². The van der Waals surface area contributed by atoms with Gasteiger partial charge < -0.3 is 21.3 Å². The molecule has 3 unspecified atom stereocenters. The Hall–Kier alpha value is -2.99. The van der Waals surface area contributed by atoms with Crippen LogP contribution >= 0.6 is 12.4 Å². The van der Waals surface area contributed by atoms with Crippen LogP contribution in [-0.4, -0.2) is 93.6 Å². The molecule has 2 aliphatic heterocycles. The molecule has 1 aromatic heterocycles. The SMILES string of the molecule is CC(C)CC(Cc1ccc(-n2ccc(NC(=O)N3CCN(C(=O)C(C)(C)N)CC3)nc2=O)cc1)N1CC2C(CN)C2C1.Cl. The van der Waals surface area contributed by atoms with E-state index in [0.29, 0.717) is 38.1 Å². The third kappa shape index (κ3) is 7.57. The lowest BCUT2D eigenvalue weighted by molar-refractivity contribution is -0.137. The van der Waals surface area contributed by atoms with Gasteiger partial charge in [0.15, 0.2) is 0 Å². The van der Waals surface area contributed by atoms with Crippen molar-refractivity contribution in [2.24, 2.45) is 35.1 Å². The lowest BCUT2D eigenvalue weighted by atomic mass is 9.95. The van der Waals surface area contributed by atoms with Crippen molar-refractivity contribution in [2.75, 3.05) is 51.1 Å². The summed E-state index contributed by atoms with van der Waals surface area (Å²) in [5.41, 5.74) is 12.4. The summed E-state index contributed by atoms with van der Waals surface area (Å²) in [4.78, 5) is 48.1. The molecule has 3 atom stereocenters. The molecule has 43 heavy (non-hydrogen) atoms. The maximum atomic E-state index is 12.9. The molecule has 5 rings (SSSR count). The number of anilines is 1. The molecule has 3 aliphatic rings. The van der Waals surface area contributed by atoms with Crippen LogP contribution in [0.3, 0.4) is 0 Å². The Bertz CT molecular complexity index is 1320. The van der Waals surface area contributed by atoms with Crippen molar-refractivity contribution in [1.82, 2.24) is 24.3 Å². The lowest BCUT2D eigenvalue weighted by Gasteiger charge is -2.37. The lowest BCUT2D eigenvalue weighted by Crippen LogP contribution is -2.58. The van der Waals surface area contributed by atoms with Gasteiger partial charge in [-0.05, 0) is 80.7 Å². The molecule has 0 radical (unpaired) electrons. The Morgan fingerprint density at radius 3 is 2.16 bits per heavy atom. The number of carbonyl (C=O) groups is 2. The summed E-state index contributed by atoms with van der Waals surface area (Å²) in [6.45, 7) is 12.6. The molecule has 3 fully saturated rings. The van der Waals surface area contributed by atoms with Crippen molar-refractivity contribution < 1.29 is 9.59 Å². The minimum Gasteiger partial charge on any atom is -0.338 e. The van der Waals surface area contributed by atoms with Gasteiger partial charge in [-0.1, -0.05) is 26.0 Å². The molecule has 2 aromatic rings. The highest BCUT2D eigenvalue weighted by Crippen LogP contribution is 2.51. The van der Waals surface area contributed by atoms with Crippen LogP contribution in [0.5, 0.6) is 0 Å². The predicted molar refractivity (Wildman–Crippen MR) is 171 cm³/mol. The Morgan fingerprint density at radius 1 is 1.02 bits per heavy atom. The molecule has 3 amide bonds. The Kier molecular flexibility index (Phi) is 10.2. The maximum absolute atomic E-state index is 12.9. The summed E-state index contributed by atoms with van der Waals surface area (Å²) in [6.07, 6.45) is 3.77. The number of carbonyl (C=O) groups excluding carboxylic acids is 2. The normalized spacial score (nSPS) is 22.6. The van der Waals surface area contributed by atoms with E-state index in [0.717, 1.165) is 55.9 Å². The fraction of sp³-hybridized carbons (Fsp3) is 0.613. The summed E-state index contributed by atoms with van der Waals surface area (Å²) >= 11 is 0. The van der Waals surface area contributed by atoms with E-state index < -0.39 is 11.2 Å². The molecule has 3 heterocycles. The highest BCUT2D eigenvalue weighted by Gasteiger charge is 2.55. The van der Waals surface area contributed by atoms with Crippen LogP contribution in [0.25, 0.3) is 5.69 Å². The molecule has 2 saturated heterocycles. The van der Waals surface area contributed by atoms with Crippen LogP contribution < -0.4 is 22.5 Å². The number of hydrogen-bond acceptors (Lipinski definition) is 7. The second-order valence-corrected chi connectivity index (χ2v) is 13.2. The summed E-state index contributed by atoms with van der Waals surface area (Å²) < 4.78 is 1.48. The van der Waals surface area contributed by atoms with Crippen LogP contribution in [-0.2, 0) is 11.2 Å². The van der Waals surface area contributed by atoms with E-state index in [2.05, 4.69) is 41.2 Å². The number of amides is 3. The van der Waals surface area contributed by atoms with Gasteiger partial charge in [-0.3, -0.25) is 19.6 Å². The van der Waals surface area contributed by atoms with Gasteiger partial charge in [0.1, 0.15) is 5.82 Å². The number of halogens is 1. The average Bonchev–Trinajstić information content (AvgIpc) is 3.42. The van der Waals surface area contributed by atoms with Gasteiger partial charge in [-0.15, -0.1) is 12.4 Å². The minimum absolute atomic E-state index is 0. The van der Waals surface area contributed by atoms with E-state index in [-0.39, 0.29) is 30.2 Å². The molecule has 11 nitrogen and oxygen atoms in total. The van der Waals surface area contributed by atoms with E-state index in [4.69, 9.17) is 11.5 Å². The predicted octanol–water partition coefficient (Wildman–Crippen LogP) is 2.16. The molecular weight excluding hydrogens is 568 g/mol. The van der Waals surface area contributed by atoms with Crippen molar-refractivity contribution in [3.05, 3.63) is 52.6 Å². The number of hydrogen-bond donors (Lipinski definition) is 3. The first-order chi connectivity index (χ1) is 19.9. The number of likely N-dealkylation sites (tertiary alicyclic amines) is 1. The van der Waals surface area contributed by atoms with Crippen LogP contribution in [0.2, 0.25) is 0 Å². The summed E-state index contributed by atoms with van der Waals surface area (Å²) in [5.74, 6) is 2.96. The summed E-state index contributed by atoms with van der Waals surface area (Å²) in [7, 11) is 0. The third-order valence-corrected chi connectivity index (χ3v) is 9.06. The largest absolute Gasteiger partial charge is 0.354 e. The van der Waals surface area contributed by atoms with E-state index in [9.17, 15) is 14.4 Å². The van der Waals surface area contributed by atoms with Crippen molar-refractivity contribution in [3.8, 4) is 5.69 Å². The number of piperidine rings is 1. The van der Waals surface area contributed by atoms with Crippen molar-refractivity contribution in [1.29, 1.82) is 0 Å². The number of nitrogens with two attached hydrogens (primary N) is 2. The third-order valence-electron chi connectivity index (χ3n) is 9.06. The van der Waals surface area contributed by atoms with Gasteiger partial charge in [0, 0.05) is 51.5 Å². The smallest absolute Gasteiger partial charge is 0.338 e. The van der Waals surface area contributed by atoms with Gasteiger partial charge in [-0.25, -0.2) is 9.59 Å². The molecule has 5 N–H and O–H groups in total. The number of rotatable bonds is 9. The number of piperazine rings is 1. The minimum atomic E-state index is -0.947. The van der Waals surface area contributed by atoms with Crippen molar-refractivity contribution >= 4 is 30.2 Å². The number of benzene rings is 1. The van der Waals surface area contributed by atoms with Crippen molar-refractivity contribution in [2.45, 2.75) is 52.1 Å². The molecule has 0 spiro atoms. The standard InChI is InChI=1S/C31H46N8O3.ClH/c1-20(2)15-23(38-18-25-24(17-32)26(25)19-38)16-21-5-7-22(8-6-21)39-10-9-27(35-30(39)42)34-29(41)37-13-11-36(12-14-37)28(40)31(3,4)33;/h5-10,20,23-26H,11-19,32-33H2,1-4H3,(H,34,35,41,42);1H. The zero-order valence-corrected chi connectivity index (χ0v) is 26.6. The fourth-order valence-corrected chi connectivity index (χ4v) is 6.68. The van der Waals surface area contributed by atoms with E-state index in [1.54, 1.807) is 35.9 Å². The highest BCUT2D eigenvalue weighted by molar-refractivity contribution is 5.89. The Balaban J connectivity index is 0.00000423. The molecule has 236 valence electrons. The van der Waals surface area contributed by atoms with E-state index >= 15 is 0 Å². The zero-order chi connectivity index (χ0) is 30.2. The van der Waals surface area contributed by atoms with Crippen LogP contribution in [0, 0.1) is 23.7 Å². The first-order valence-electron chi connectivity index (χ1n) is 15.2. The zero-order valence-electron chi connectivity index (χ0n) is 25.7. The van der Waals surface area contributed by atoms with Crippen LogP contribution in [0.1, 0.15) is 39.7 Å². The highest BCUT2D eigenvalue weighted by atomic mass is 35.5. The molecule has 1 aliphatic carbocycles. The molecule has 12 heteroatoms. The quantitative estimate of drug-likeness (QED) is 0.393. The van der Waals surface area contributed by atoms with Gasteiger partial charge in [0.25, 0.3) is 0 Å². The maximum Gasteiger partial charge on any atom is 0.354 e. The monoisotopic (exact) mass is 614 g/mol. The van der Waals surface area contributed by atoms with Crippen molar-refractivity contribution in [3.63, 3.8) is 0 Å². The Morgan fingerprint density at radius 2 is 1.63 bits per heavy atom. The molecule has 1 aromatic carbocycles. The number of aromatic nitrogens is 2. The number of fused-ring (bicyclic) bond motifs is 1. The summed E-state index contributed by atoms with van der Waals surface area (Å²) in [6, 6.07) is 9.88. The number of urea groups is 1. The second kappa shape index (κ2) is 13.3. The van der Waals surface area contributed by atoms with Gasteiger partial charge in [0.05, 0.1) is 11.2 Å². The van der Waals surface area contributed by atoms with Gasteiger partial charge in [-0.2, -0.15) is 4.98 Å². The van der Waals surface area contributed by atoms with E-state index in [1.165, 1.54) is 10.1 Å². The van der Waals surface area contributed by atoms with Gasteiger partial charge >= 0.3 is 11.7 Å². The number of nitrogens with zero attached hydrogens (tertiary/aromatic N) is 5. The average molecular weight is 615 g/mol. The molecule has 1 saturated carbocycles. The number of nitrogens with one attached hydrogen (secondary N) is 1.